The lowest BCUT2D eigenvalue weighted by Crippen LogP contribution is -2.35. The number of rotatable bonds is 27. The molecular weight excluding hydrogens is 755 g/mol. The highest BCUT2D eigenvalue weighted by molar-refractivity contribution is 7.86. The number of nitrogens with one attached hydrogen (secondary N) is 3. The van der Waals surface area contributed by atoms with E-state index < -0.39 is 46.5 Å². The van der Waals surface area contributed by atoms with E-state index in [0.29, 0.717) is 12.8 Å². The van der Waals surface area contributed by atoms with Gasteiger partial charge >= 0.3 is 11.9 Å². The molecule has 314 valence electrons. The number of carboxylic acid groups (broad SMARTS) is 1. The molecule has 16 nitrogen and oxygen atoms in total. The van der Waals surface area contributed by atoms with Gasteiger partial charge in [-0.1, -0.05) is 13.8 Å². The summed E-state index contributed by atoms with van der Waals surface area (Å²) in [6, 6.07) is 7.02. The van der Waals surface area contributed by atoms with Crippen LogP contribution < -0.4 is 20.1 Å². The molecule has 1 aromatic heterocycles. The van der Waals surface area contributed by atoms with Gasteiger partial charge in [0, 0.05) is 25.7 Å². The van der Waals surface area contributed by atoms with Gasteiger partial charge in [0.15, 0.2) is 22.6 Å². The minimum absolute atomic E-state index is 0.00594. The molecule has 1 heterocycles. The Labute approximate surface area is 330 Å². The molecule has 2 amide bonds. The Morgan fingerprint density at radius 1 is 0.821 bits per heavy atom. The molecule has 4 N–H and O–H groups in total. The summed E-state index contributed by atoms with van der Waals surface area (Å²) in [6.07, 6.45) is 2.66. The van der Waals surface area contributed by atoms with Gasteiger partial charge in [0.05, 0.1) is 50.1 Å². The third kappa shape index (κ3) is 21.2. The summed E-state index contributed by atoms with van der Waals surface area (Å²) < 4.78 is 62.9. The fraction of sp³-hybridized carbons (Fsp3) is 0.605. The van der Waals surface area contributed by atoms with Crippen molar-refractivity contribution in [3.8, 4) is 5.75 Å². The first-order valence-electron chi connectivity index (χ1n) is 18.2. The number of ether oxygens (including phenoxy) is 6. The average molecular weight is 813 g/mol. The van der Waals surface area contributed by atoms with Crippen LogP contribution in [0.25, 0.3) is 0 Å². The monoisotopic (exact) mass is 812 g/mol. The van der Waals surface area contributed by atoms with Crippen molar-refractivity contribution in [1.29, 1.82) is 0 Å². The smallest absolute Gasteiger partial charge is 0.329 e. The first kappa shape index (κ1) is 47.9. The molecule has 0 saturated heterocycles. The summed E-state index contributed by atoms with van der Waals surface area (Å²) in [4.78, 5) is 51.1. The minimum atomic E-state index is -1.87. The molecule has 1 unspecified atom stereocenters. The van der Waals surface area contributed by atoms with Crippen molar-refractivity contribution >= 4 is 40.6 Å². The zero-order chi connectivity index (χ0) is 41.8. The summed E-state index contributed by atoms with van der Waals surface area (Å²) in [5, 5.41) is 13.8. The molecule has 0 aliphatic carbocycles. The molecule has 0 radical (unpaired) electrons. The number of aliphatic carboxylic acids is 1. The van der Waals surface area contributed by atoms with Crippen LogP contribution in [0.5, 0.6) is 5.75 Å². The van der Waals surface area contributed by atoms with Crippen LogP contribution in [0.15, 0.2) is 41.4 Å². The fourth-order valence-electron chi connectivity index (χ4n) is 5.25. The number of hydrogen-bond acceptors (Lipinski definition) is 12. The standard InChI is InChI=1S/C38H57FN4O12S/c1-36(2,3)55-34(47)12-13-37(4,5)26-38(6,7)54-30-10-9-28(22-29(30)39)56(49)43-31-11-8-27(23-42-31)35(48)41-15-17-51-18-20-52-24-32(44)40-14-16-50-19-21-53-25-33(45)46/h8-11,22-23H,12-21,24-26H2,1-7H3,(H,40,44)(H,41,48)(H,42,43)(H,45,46). The van der Waals surface area contributed by atoms with E-state index in [1.54, 1.807) is 0 Å². The van der Waals surface area contributed by atoms with E-state index in [-0.39, 0.29) is 105 Å². The molecule has 0 aliphatic heterocycles. The highest BCUT2D eigenvalue weighted by Crippen LogP contribution is 2.36. The highest BCUT2D eigenvalue weighted by Gasteiger charge is 2.32. The maximum atomic E-state index is 15.1. The number of anilines is 1. The van der Waals surface area contributed by atoms with Crippen LogP contribution in [0, 0.1) is 11.2 Å². The number of amides is 2. The largest absolute Gasteiger partial charge is 0.485 e. The number of pyridine rings is 1. The van der Waals surface area contributed by atoms with E-state index in [4.69, 9.17) is 33.5 Å². The van der Waals surface area contributed by atoms with Gasteiger partial charge in [0.1, 0.15) is 30.2 Å². The zero-order valence-corrected chi connectivity index (χ0v) is 34.1. The van der Waals surface area contributed by atoms with E-state index >= 15 is 4.39 Å². The number of aromatic nitrogens is 1. The van der Waals surface area contributed by atoms with Gasteiger partial charge < -0.3 is 44.2 Å². The number of nitrogens with zero attached hydrogens (tertiary/aromatic N) is 1. The van der Waals surface area contributed by atoms with Crippen molar-refractivity contribution in [2.24, 2.45) is 5.41 Å². The molecule has 0 bridgehead atoms. The number of carbonyl (C=O) groups excluding carboxylic acids is 3. The Hall–Kier alpha value is -4.23. The van der Waals surface area contributed by atoms with Gasteiger partial charge in [-0.3, -0.25) is 19.1 Å². The van der Waals surface area contributed by atoms with Crippen LogP contribution in [0.2, 0.25) is 0 Å². The van der Waals surface area contributed by atoms with Gasteiger partial charge in [-0.05, 0) is 83.2 Å². The first-order chi connectivity index (χ1) is 26.2. The van der Waals surface area contributed by atoms with Gasteiger partial charge in [-0.2, -0.15) is 0 Å². The quantitative estimate of drug-likeness (QED) is 0.0743. The topological polar surface area (TPSA) is 210 Å². The van der Waals surface area contributed by atoms with Crippen molar-refractivity contribution in [2.45, 2.75) is 83.8 Å². The molecule has 2 aromatic rings. The third-order valence-electron chi connectivity index (χ3n) is 7.36. The molecular formula is C38H57FN4O12S. The summed E-state index contributed by atoms with van der Waals surface area (Å²) in [7, 11) is -1.87. The average Bonchev–Trinajstić information content (AvgIpc) is 3.09. The van der Waals surface area contributed by atoms with E-state index in [1.807, 2.05) is 48.5 Å². The lowest BCUT2D eigenvalue weighted by Gasteiger charge is -2.35. The van der Waals surface area contributed by atoms with Gasteiger partial charge in [-0.25, -0.2) is 18.4 Å². The van der Waals surface area contributed by atoms with Crippen LogP contribution in [-0.4, -0.2) is 115 Å². The lowest BCUT2D eigenvalue weighted by atomic mass is 9.78. The number of hydrogen-bond donors (Lipinski definition) is 4. The van der Waals surface area contributed by atoms with E-state index in [0.717, 1.165) is 6.07 Å². The molecule has 0 fully saturated rings. The Kier molecular flexibility index (Phi) is 20.3. The number of esters is 1. The lowest BCUT2D eigenvalue weighted by molar-refractivity contribution is -0.155. The maximum Gasteiger partial charge on any atom is 0.329 e. The normalized spacial score (nSPS) is 12.4. The first-order valence-corrected chi connectivity index (χ1v) is 19.3. The minimum Gasteiger partial charge on any atom is -0.485 e. The maximum absolute atomic E-state index is 15.1. The SMILES string of the molecule is CC(C)(CCC(=O)OC(C)(C)C)CC(C)(C)Oc1ccc(S(=O)Nc2ccc(C(=O)NCCOCCOCC(=O)NCCOCCOCC(=O)O)cn2)cc1F. The fourth-order valence-corrected chi connectivity index (χ4v) is 6.08. The third-order valence-corrected chi connectivity index (χ3v) is 8.44. The van der Waals surface area contributed by atoms with E-state index in [1.165, 1.54) is 30.5 Å². The van der Waals surface area contributed by atoms with Crippen LogP contribution in [0.1, 0.15) is 78.1 Å². The zero-order valence-electron chi connectivity index (χ0n) is 33.3. The molecule has 0 aliphatic rings. The summed E-state index contributed by atoms with van der Waals surface area (Å²) in [6.45, 7) is 14.3. The van der Waals surface area contributed by atoms with E-state index in [9.17, 15) is 23.4 Å². The van der Waals surface area contributed by atoms with E-state index in [2.05, 4.69) is 20.3 Å². The Bertz CT molecular complexity index is 1590. The summed E-state index contributed by atoms with van der Waals surface area (Å²) in [5.74, 6) is -2.52. The van der Waals surface area contributed by atoms with Crippen LogP contribution in [0.3, 0.4) is 0 Å². The van der Waals surface area contributed by atoms with Gasteiger partial charge in [-0.15, -0.1) is 0 Å². The predicted molar refractivity (Wildman–Crippen MR) is 205 cm³/mol. The number of benzene rings is 1. The molecule has 1 atom stereocenters. The van der Waals surface area contributed by atoms with Crippen LogP contribution in [0.4, 0.5) is 10.2 Å². The molecule has 0 saturated carbocycles. The van der Waals surface area contributed by atoms with Crippen molar-refractivity contribution < 1.29 is 61.3 Å². The second-order valence-electron chi connectivity index (χ2n) is 15.0. The van der Waals surface area contributed by atoms with Crippen LogP contribution in [-0.2, 0) is 49.1 Å². The number of carboxylic acids is 1. The van der Waals surface area contributed by atoms with Gasteiger partial charge in [0.25, 0.3) is 5.91 Å². The molecule has 0 spiro atoms. The highest BCUT2D eigenvalue weighted by atomic mass is 32.2. The van der Waals surface area contributed by atoms with Crippen molar-refractivity contribution in [3.05, 3.63) is 47.9 Å². The van der Waals surface area contributed by atoms with Crippen molar-refractivity contribution in [3.63, 3.8) is 0 Å². The summed E-state index contributed by atoms with van der Waals surface area (Å²) in [5.41, 5.74) is -1.37. The van der Waals surface area contributed by atoms with Gasteiger partial charge in [0.2, 0.25) is 5.91 Å². The second kappa shape index (κ2) is 23.7. The molecule has 2 rings (SSSR count). The summed E-state index contributed by atoms with van der Waals surface area (Å²) >= 11 is 0. The predicted octanol–water partition coefficient (Wildman–Crippen LogP) is 4.05. The second-order valence-corrected chi connectivity index (χ2v) is 16.2. The number of halogens is 1. The molecule has 56 heavy (non-hydrogen) atoms. The van der Waals surface area contributed by atoms with Crippen molar-refractivity contribution in [2.75, 3.05) is 70.7 Å². The van der Waals surface area contributed by atoms with Crippen LogP contribution >= 0.6 is 0 Å². The Morgan fingerprint density at radius 2 is 1.45 bits per heavy atom. The molecule has 18 heteroatoms. The van der Waals surface area contributed by atoms with Crippen molar-refractivity contribution in [1.82, 2.24) is 15.6 Å². The molecule has 1 aromatic carbocycles. The Balaban J connectivity index is 1.67. The Morgan fingerprint density at radius 3 is 2.04 bits per heavy atom. The number of carbonyl (C=O) groups is 4.